The number of aliphatic carboxylic acids is 4. The van der Waals surface area contributed by atoms with Gasteiger partial charge in [0.05, 0.1) is 0 Å². The van der Waals surface area contributed by atoms with Crippen LogP contribution in [0.15, 0.2) is 127 Å². The van der Waals surface area contributed by atoms with Crippen molar-refractivity contribution in [1.82, 2.24) is 0 Å². The first-order valence-electron chi connectivity index (χ1n) is 11.5. The summed E-state index contributed by atoms with van der Waals surface area (Å²) in [4.78, 5) is 57.9. The Labute approximate surface area is 244 Å². The molecule has 0 amide bonds. The number of carboxylic acids is 4. The summed E-state index contributed by atoms with van der Waals surface area (Å²) in [5.74, 6) is -5.74. The molecule has 0 aliphatic heterocycles. The Bertz CT molecular complexity index is 1240. The number of phenolic OH excluding ortho intramolecular Hbond substituents is 3. The maximum absolute atomic E-state index is 10.3. The molecule has 0 atom stereocenters. The number of para-hydroxylation sites is 1. The molecule has 0 unspecified atom stereocenters. The number of hydrogen-bond acceptors (Lipinski definition) is 9. The molecule has 1 aliphatic rings. The fourth-order valence-electron chi connectivity index (χ4n) is 1.85. The lowest BCUT2D eigenvalue weighted by molar-refractivity contribution is -0.159. The van der Waals surface area contributed by atoms with Crippen LogP contribution in [0.3, 0.4) is 0 Å². The lowest BCUT2D eigenvalue weighted by atomic mass is 10.2. The van der Waals surface area contributed by atoms with Gasteiger partial charge in [-0.3, -0.25) is 9.59 Å². The van der Waals surface area contributed by atoms with Gasteiger partial charge in [0.25, 0.3) is 0 Å². The van der Waals surface area contributed by atoms with E-state index in [0.29, 0.717) is 17.9 Å². The van der Waals surface area contributed by atoms with Gasteiger partial charge < -0.3 is 35.7 Å². The topological polar surface area (TPSA) is 244 Å². The maximum atomic E-state index is 10.3. The van der Waals surface area contributed by atoms with Gasteiger partial charge in [-0.2, -0.15) is 0 Å². The number of carbonyl (C=O) groups excluding carboxylic acids is 2. The zero-order chi connectivity index (χ0) is 33.0. The van der Waals surface area contributed by atoms with Gasteiger partial charge in [0.2, 0.25) is 0 Å². The van der Waals surface area contributed by atoms with Crippen LogP contribution in [-0.4, -0.2) is 71.2 Å². The van der Waals surface area contributed by atoms with Crippen LogP contribution in [0, 0.1) is 0 Å². The zero-order valence-corrected chi connectivity index (χ0v) is 22.2. The van der Waals surface area contributed by atoms with Gasteiger partial charge >= 0.3 is 23.9 Å². The van der Waals surface area contributed by atoms with Crippen LogP contribution in [0.1, 0.15) is 0 Å². The van der Waals surface area contributed by atoms with Crippen LogP contribution >= 0.6 is 0 Å². The van der Waals surface area contributed by atoms with Crippen LogP contribution in [0.25, 0.3) is 0 Å². The van der Waals surface area contributed by atoms with E-state index in [1.54, 1.807) is 24.3 Å². The fourth-order valence-corrected chi connectivity index (χ4v) is 1.85. The number of rotatable bonds is 2. The molecule has 0 radical (unpaired) electrons. The lowest BCUT2D eigenvalue weighted by Crippen LogP contribution is -2.09. The quantitative estimate of drug-likeness (QED) is 0.0972. The Kier molecular flexibility index (Phi) is 22.1. The highest BCUT2D eigenvalue weighted by Crippen LogP contribution is 2.13. The number of carbonyl (C=O) groups is 6. The molecule has 7 N–H and O–H groups in total. The van der Waals surface area contributed by atoms with E-state index in [0.717, 1.165) is 0 Å². The average molecular weight is 597 g/mol. The van der Waals surface area contributed by atoms with Gasteiger partial charge in [0.1, 0.15) is 17.2 Å². The summed E-state index contributed by atoms with van der Waals surface area (Å²) in [6.45, 7) is 0. The minimum absolute atomic E-state index is 0.121. The molecule has 0 fully saturated rings. The molecule has 0 saturated carbocycles. The molecule has 3 aromatic rings. The smallest absolute Gasteiger partial charge is 0.414 e. The summed E-state index contributed by atoms with van der Waals surface area (Å²) < 4.78 is 0. The van der Waals surface area contributed by atoms with Crippen molar-refractivity contribution >= 4 is 35.4 Å². The minimum Gasteiger partial charge on any atom is -0.508 e. The normalized spacial score (nSPS) is 10.2. The van der Waals surface area contributed by atoms with E-state index in [1.807, 2.05) is 42.5 Å². The van der Waals surface area contributed by atoms with E-state index in [-0.39, 0.29) is 23.1 Å². The molecule has 4 rings (SSSR count). The summed E-state index contributed by atoms with van der Waals surface area (Å²) in [7, 11) is 0. The molecule has 0 saturated heterocycles. The second kappa shape index (κ2) is 24.5. The summed E-state index contributed by atoms with van der Waals surface area (Å²) >= 11 is 0. The Morgan fingerprint density at radius 2 is 0.651 bits per heavy atom. The van der Waals surface area contributed by atoms with E-state index in [1.165, 1.54) is 48.6 Å². The van der Waals surface area contributed by atoms with Gasteiger partial charge in [0.15, 0.2) is 11.6 Å². The first-order valence-corrected chi connectivity index (χ1v) is 11.5. The summed E-state index contributed by atoms with van der Waals surface area (Å²) in [6.07, 6.45) is 6.12. The molecule has 3 aromatic carbocycles. The van der Waals surface area contributed by atoms with Crippen molar-refractivity contribution in [3.63, 3.8) is 0 Å². The summed E-state index contributed by atoms with van der Waals surface area (Å²) in [5, 5.41) is 56.3. The van der Waals surface area contributed by atoms with E-state index in [9.17, 15) is 19.2 Å². The van der Waals surface area contributed by atoms with Gasteiger partial charge in [0, 0.05) is 12.2 Å². The monoisotopic (exact) mass is 596 g/mol. The summed E-state index contributed by atoms with van der Waals surface area (Å²) in [6, 6.07) is 26.4. The lowest BCUT2D eigenvalue weighted by Gasteiger charge is -1.88. The standard InChI is InChI=1S/C6H6O2.C6H4O2.C6H6O.C6H6.C4H4O4.C2H2O4/c2*7-5-1-2-6(8)4-3-5;7-6-4-2-1-3-5-6;1-2-4-6-5-3-1;5-3(6)1-2-4(7)8;3-1(4)2(5)6/h1-4,7-8H;1-4H;1-5,7H;1-6H;1-2H,(H,5,6)(H,7,8);(H,3,4)(H,5,6)/b;;;;2-1-;. The van der Waals surface area contributed by atoms with Crippen LogP contribution in [0.4, 0.5) is 0 Å². The van der Waals surface area contributed by atoms with Crippen molar-refractivity contribution in [1.29, 1.82) is 0 Å². The van der Waals surface area contributed by atoms with Crippen molar-refractivity contribution in [2.24, 2.45) is 0 Å². The van der Waals surface area contributed by atoms with E-state index in [2.05, 4.69) is 0 Å². The minimum atomic E-state index is -1.82. The Hall–Kier alpha value is -6.50. The Morgan fingerprint density at radius 1 is 0.419 bits per heavy atom. The predicted octanol–water partition coefficient (Wildman–Crippen LogP) is 3.29. The molecular weight excluding hydrogens is 568 g/mol. The van der Waals surface area contributed by atoms with Gasteiger partial charge in [-0.25, -0.2) is 19.2 Å². The maximum Gasteiger partial charge on any atom is 0.414 e. The molecule has 0 spiro atoms. The largest absolute Gasteiger partial charge is 0.508 e. The summed E-state index contributed by atoms with van der Waals surface area (Å²) in [5.41, 5.74) is 0. The van der Waals surface area contributed by atoms with E-state index < -0.39 is 23.9 Å². The van der Waals surface area contributed by atoms with Crippen LogP contribution in [0.2, 0.25) is 0 Å². The van der Waals surface area contributed by atoms with Crippen molar-refractivity contribution in [3.8, 4) is 17.2 Å². The number of ketones is 2. The third-order valence-corrected chi connectivity index (χ3v) is 3.65. The molecule has 43 heavy (non-hydrogen) atoms. The number of hydrogen-bond donors (Lipinski definition) is 7. The molecule has 13 nitrogen and oxygen atoms in total. The van der Waals surface area contributed by atoms with Gasteiger partial charge in [-0.15, -0.1) is 0 Å². The van der Waals surface area contributed by atoms with Crippen molar-refractivity contribution in [2.75, 3.05) is 0 Å². The fraction of sp³-hybridized carbons (Fsp3) is 0. The highest BCUT2D eigenvalue weighted by atomic mass is 16.4. The molecule has 0 aromatic heterocycles. The van der Waals surface area contributed by atoms with Gasteiger partial charge in [-0.1, -0.05) is 54.6 Å². The highest BCUT2D eigenvalue weighted by molar-refractivity contribution is 6.27. The number of allylic oxidation sites excluding steroid dienone is 4. The second-order valence-electron chi connectivity index (χ2n) is 7.10. The van der Waals surface area contributed by atoms with E-state index in [4.69, 9.17) is 45.3 Å². The number of aromatic hydroxyl groups is 3. The molecule has 226 valence electrons. The molecule has 13 heteroatoms. The SMILES string of the molecule is O=C(O)/C=C\C(=O)O.O=C(O)C(=O)O.O=C1C=CC(=O)C=C1.Oc1ccc(O)cc1.Oc1ccccc1.c1ccccc1. The molecule has 0 heterocycles. The number of benzene rings is 3. The number of phenols is 3. The third-order valence-electron chi connectivity index (χ3n) is 3.65. The zero-order valence-electron chi connectivity index (χ0n) is 22.2. The van der Waals surface area contributed by atoms with Crippen molar-refractivity contribution in [3.05, 3.63) is 127 Å². The van der Waals surface area contributed by atoms with E-state index >= 15 is 0 Å². The first-order chi connectivity index (χ1) is 20.2. The van der Waals surface area contributed by atoms with Gasteiger partial charge in [-0.05, 0) is 60.7 Å². The predicted molar refractivity (Wildman–Crippen MR) is 152 cm³/mol. The number of carboxylic acid groups (broad SMARTS) is 4. The average Bonchev–Trinajstić information content (AvgIpc) is 2.98. The molecular formula is C30H28O13. The van der Waals surface area contributed by atoms with Crippen molar-refractivity contribution in [2.45, 2.75) is 0 Å². The third kappa shape index (κ3) is 29.9. The van der Waals surface area contributed by atoms with Crippen molar-refractivity contribution < 1.29 is 64.5 Å². The Morgan fingerprint density at radius 3 is 0.837 bits per heavy atom. The van der Waals surface area contributed by atoms with Crippen LogP contribution in [0.5, 0.6) is 17.2 Å². The highest BCUT2D eigenvalue weighted by Gasteiger charge is 2.04. The Balaban J connectivity index is 0. The van der Waals surface area contributed by atoms with Crippen LogP contribution < -0.4 is 0 Å². The molecule has 0 bridgehead atoms. The molecule has 1 aliphatic carbocycles. The van der Waals surface area contributed by atoms with Crippen LogP contribution in [-0.2, 0) is 28.8 Å². The second-order valence-corrected chi connectivity index (χ2v) is 7.10. The first kappa shape index (κ1) is 38.6.